The van der Waals surface area contributed by atoms with Crippen molar-refractivity contribution in [1.29, 1.82) is 0 Å². The molecule has 0 aromatic heterocycles. The van der Waals surface area contributed by atoms with Crippen LogP contribution < -0.4 is 0 Å². The van der Waals surface area contributed by atoms with Crippen molar-refractivity contribution >= 4 is 17.5 Å². The number of benzene rings is 1. The lowest BCUT2D eigenvalue weighted by atomic mass is 10.2. The van der Waals surface area contributed by atoms with Crippen LogP contribution in [0.5, 0.6) is 0 Å². The Kier molecular flexibility index (Phi) is 5.53. The molecule has 0 radical (unpaired) electrons. The number of hydrogen-bond acceptors (Lipinski definition) is 3. The number of ether oxygens (including phenoxy) is 1. The summed E-state index contributed by atoms with van der Waals surface area (Å²) in [6, 6.07) is 3.83. The molecule has 100 valence electrons. The molecule has 6 heteroatoms. The predicted molar refractivity (Wildman–Crippen MR) is 66.3 cm³/mol. The number of carbonyl (C=O) groups excluding carboxylic acids is 1. The van der Waals surface area contributed by atoms with E-state index in [0.717, 1.165) is 6.07 Å². The number of hydrogen-bond donors (Lipinski definition) is 1. The van der Waals surface area contributed by atoms with Crippen LogP contribution in [0, 0.1) is 5.82 Å². The van der Waals surface area contributed by atoms with E-state index in [1.54, 1.807) is 0 Å². The first-order valence-electron chi connectivity index (χ1n) is 5.33. The Hall–Kier alpha value is -1.17. The molecule has 1 atom stereocenters. The summed E-state index contributed by atoms with van der Waals surface area (Å²) in [7, 11) is 2.98. The van der Waals surface area contributed by atoms with Gasteiger partial charge in [0.15, 0.2) is 0 Å². The number of nitrogens with zero attached hydrogens (tertiary/aromatic N) is 1. The number of aliphatic hydroxyl groups is 1. The number of rotatable bonds is 5. The van der Waals surface area contributed by atoms with Crippen LogP contribution in [0.3, 0.4) is 0 Å². The first-order valence-corrected chi connectivity index (χ1v) is 5.71. The number of likely N-dealkylation sites (N-methyl/N-ethyl adjacent to an activating group) is 1. The van der Waals surface area contributed by atoms with Crippen molar-refractivity contribution < 1.29 is 19.0 Å². The highest BCUT2D eigenvalue weighted by atomic mass is 35.5. The van der Waals surface area contributed by atoms with Crippen LogP contribution >= 0.6 is 11.6 Å². The van der Waals surface area contributed by atoms with Crippen molar-refractivity contribution in [3.8, 4) is 0 Å². The molecule has 0 spiro atoms. The van der Waals surface area contributed by atoms with E-state index in [1.807, 2.05) is 0 Å². The summed E-state index contributed by atoms with van der Waals surface area (Å²) >= 11 is 5.53. The van der Waals surface area contributed by atoms with E-state index in [1.165, 1.54) is 31.2 Å². The molecule has 0 bridgehead atoms. The van der Waals surface area contributed by atoms with Crippen molar-refractivity contribution in [3.63, 3.8) is 0 Å². The Morgan fingerprint density at radius 2 is 2.28 bits per heavy atom. The lowest BCUT2D eigenvalue weighted by Crippen LogP contribution is -2.36. The van der Waals surface area contributed by atoms with E-state index in [-0.39, 0.29) is 29.6 Å². The maximum absolute atomic E-state index is 13.2. The summed E-state index contributed by atoms with van der Waals surface area (Å²) in [5, 5.41) is 9.47. The van der Waals surface area contributed by atoms with Crippen molar-refractivity contribution in [2.75, 3.05) is 27.3 Å². The molecule has 0 aliphatic rings. The van der Waals surface area contributed by atoms with Gasteiger partial charge in [-0.05, 0) is 18.2 Å². The monoisotopic (exact) mass is 275 g/mol. The van der Waals surface area contributed by atoms with Gasteiger partial charge in [0.25, 0.3) is 5.91 Å². The number of carbonyl (C=O) groups is 1. The first kappa shape index (κ1) is 14.9. The fourth-order valence-corrected chi connectivity index (χ4v) is 1.61. The fraction of sp³-hybridized carbons (Fsp3) is 0.417. The number of amides is 1. The van der Waals surface area contributed by atoms with Crippen LogP contribution in [0.2, 0.25) is 5.02 Å². The normalized spacial score (nSPS) is 12.3. The van der Waals surface area contributed by atoms with Crippen molar-refractivity contribution in [2.45, 2.75) is 6.10 Å². The molecule has 1 rings (SSSR count). The van der Waals surface area contributed by atoms with E-state index in [2.05, 4.69) is 0 Å². The van der Waals surface area contributed by atoms with E-state index < -0.39 is 11.9 Å². The van der Waals surface area contributed by atoms with Crippen LogP contribution in [0.25, 0.3) is 0 Å². The summed E-state index contributed by atoms with van der Waals surface area (Å²) in [5.41, 5.74) is 0.184. The summed E-state index contributed by atoms with van der Waals surface area (Å²) in [4.78, 5) is 13.2. The Morgan fingerprint density at radius 3 is 2.83 bits per heavy atom. The maximum atomic E-state index is 13.2. The van der Waals surface area contributed by atoms with Gasteiger partial charge in [0.2, 0.25) is 0 Å². The minimum atomic E-state index is -0.777. The summed E-state index contributed by atoms with van der Waals surface area (Å²) in [6.07, 6.45) is -0.777. The molecule has 1 aromatic rings. The zero-order valence-corrected chi connectivity index (χ0v) is 10.9. The van der Waals surface area contributed by atoms with Gasteiger partial charge in [-0.3, -0.25) is 4.79 Å². The summed E-state index contributed by atoms with van der Waals surface area (Å²) < 4.78 is 18.0. The van der Waals surface area contributed by atoms with Crippen LogP contribution in [0.4, 0.5) is 4.39 Å². The van der Waals surface area contributed by atoms with E-state index in [0.29, 0.717) is 0 Å². The largest absolute Gasteiger partial charge is 0.389 e. The van der Waals surface area contributed by atoms with Crippen LogP contribution in [-0.2, 0) is 4.74 Å². The molecule has 0 fully saturated rings. The lowest BCUT2D eigenvalue weighted by Gasteiger charge is -2.20. The van der Waals surface area contributed by atoms with Gasteiger partial charge in [0.05, 0.1) is 17.7 Å². The van der Waals surface area contributed by atoms with E-state index in [9.17, 15) is 14.3 Å². The maximum Gasteiger partial charge on any atom is 0.253 e. The molecule has 18 heavy (non-hydrogen) atoms. The second-order valence-electron chi connectivity index (χ2n) is 3.92. The minimum Gasteiger partial charge on any atom is -0.389 e. The van der Waals surface area contributed by atoms with Gasteiger partial charge in [0, 0.05) is 26.3 Å². The van der Waals surface area contributed by atoms with Gasteiger partial charge in [-0.1, -0.05) is 11.6 Å². The second kappa shape index (κ2) is 6.68. The lowest BCUT2D eigenvalue weighted by molar-refractivity contribution is 0.0380. The van der Waals surface area contributed by atoms with Crippen molar-refractivity contribution in [1.82, 2.24) is 4.90 Å². The average Bonchev–Trinajstić information content (AvgIpc) is 2.32. The Labute approximate surface area is 110 Å². The average molecular weight is 276 g/mol. The predicted octanol–water partition coefficient (Wildman–Crippen LogP) is 1.56. The third kappa shape index (κ3) is 3.94. The first-order chi connectivity index (χ1) is 8.45. The highest BCUT2D eigenvalue weighted by molar-refractivity contribution is 6.30. The van der Waals surface area contributed by atoms with Crippen LogP contribution in [-0.4, -0.2) is 49.3 Å². The van der Waals surface area contributed by atoms with E-state index in [4.69, 9.17) is 16.3 Å². The molecule has 0 saturated carbocycles. The minimum absolute atomic E-state index is 0.0337. The molecular formula is C12H15ClFNO3. The molecule has 0 aliphatic heterocycles. The zero-order chi connectivity index (χ0) is 13.7. The SMILES string of the molecule is COCC(O)CN(C)C(=O)c1ccc(Cl)c(F)c1. The molecule has 1 unspecified atom stereocenters. The Balaban J connectivity index is 2.71. The van der Waals surface area contributed by atoms with E-state index >= 15 is 0 Å². The third-order valence-electron chi connectivity index (χ3n) is 2.36. The Morgan fingerprint density at radius 1 is 1.61 bits per heavy atom. The number of aliphatic hydroxyl groups excluding tert-OH is 1. The molecule has 0 saturated heterocycles. The summed E-state index contributed by atoms with van der Waals surface area (Å²) in [5.74, 6) is -1.03. The van der Waals surface area contributed by atoms with Gasteiger partial charge in [-0.15, -0.1) is 0 Å². The number of methoxy groups -OCH3 is 1. The standard InChI is InChI=1S/C12H15ClFNO3/c1-15(6-9(16)7-18-2)12(17)8-3-4-10(13)11(14)5-8/h3-5,9,16H,6-7H2,1-2H3. The van der Waals surface area contributed by atoms with Gasteiger partial charge < -0.3 is 14.7 Å². The molecule has 1 amide bonds. The van der Waals surface area contributed by atoms with Crippen molar-refractivity contribution in [3.05, 3.63) is 34.6 Å². The third-order valence-corrected chi connectivity index (χ3v) is 2.66. The molecule has 1 aromatic carbocycles. The van der Waals surface area contributed by atoms with Gasteiger partial charge in [-0.2, -0.15) is 0 Å². The molecule has 0 heterocycles. The molecular weight excluding hydrogens is 261 g/mol. The van der Waals surface area contributed by atoms with Crippen LogP contribution in [0.1, 0.15) is 10.4 Å². The van der Waals surface area contributed by atoms with Crippen LogP contribution in [0.15, 0.2) is 18.2 Å². The molecule has 4 nitrogen and oxygen atoms in total. The summed E-state index contributed by atoms with van der Waals surface area (Å²) in [6.45, 7) is 0.240. The zero-order valence-electron chi connectivity index (χ0n) is 10.2. The van der Waals surface area contributed by atoms with Gasteiger partial charge in [-0.25, -0.2) is 4.39 Å². The quantitative estimate of drug-likeness (QED) is 0.887. The second-order valence-corrected chi connectivity index (χ2v) is 4.33. The molecule has 1 N–H and O–H groups in total. The van der Waals surface area contributed by atoms with Crippen molar-refractivity contribution in [2.24, 2.45) is 0 Å². The highest BCUT2D eigenvalue weighted by Crippen LogP contribution is 2.16. The number of halogens is 2. The molecule has 0 aliphatic carbocycles. The highest BCUT2D eigenvalue weighted by Gasteiger charge is 2.16. The van der Waals surface area contributed by atoms with Gasteiger partial charge in [0.1, 0.15) is 5.82 Å². The fourth-order valence-electron chi connectivity index (χ4n) is 1.49. The smallest absolute Gasteiger partial charge is 0.253 e. The Bertz CT molecular complexity index is 428. The topological polar surface area (TPSA) is 49.8 Å². The van der Waals surface area contributed by atoms with Gasteiger partial charge >= 0.3 is 0 Å².